The lowest BCUT2D eigenvalue weighted by molar-refractivity contribution is -0.111. The van der Waals surface area contributed by atoms with Crippen LogP contribution in [0, 0.1) is 0 Å². The number of nitrogens with zero attached hydrogens (tertiary/aromatic N) is 3. The molecule has 1 unspecified atom stereocenters. The molecule has 4 N–H and O–H groups in total. The number of benzene rings is 1. The number of rotatable bonds is 6. The van der Waals surface area contributed by atoms with Crippen LogP contribution in [0.25, 0.3) is 33.3 Å². The second-order valence-corrected chi connectivity index (χ2v) is 8.37. The first-order valence-corrected chi connectivity index (χ1v) is 11.1. The predicted molar refractivity (Wildman–Crippen MR) is 135 cm³/mol. The molecule has 1 fully saturated rings. The number of H-pyrrole nitrogens is 1. The van der Waals surface area contributed by atoms with Crippen LogP contribution in [0.3, 0.4) is 0 Å². The quantitative estimate of drug-likeness (QED) is 0.381. The molecule has 0 radical (unpaired) electrons. The molecule has 3 aromatic heterocycles. The van der Waals surface area contributed by atoms with Crippen LogP contribution in [-0.4, -0.2) is 47.1 Å². The summed E-state index contributed by atoms with van der Waals surface area (Å²) in [5.41, 5.74) is 12.5. The van der Waals surface area contributed by atoms with Gasteiger partial charge in [-0.2, -0.15) is 0 Å². The minimum absolute atomic E-state index is 0.146. The van der Waals surface area contributed by atoms with Crippen LogP contribution < -0.4 is 20.7 Å². The number of hydrogen-bond donors (Lipinski definition) is 3. The molecule has 1 amide bonds. The monoisotopic (exact) mass is 454 g/mol. The molecule has 4 heterocycles. The molecule has 1 aliphatic heterocycles. The zero-order chi connectivity index (χ0) is 23.7. The summed E-state index contributed by atoms with van der Waals surface area (Å²) in [6.45, 7) is 5.22. The second kappa shape index (κ2) is 8.99. The van der Waals surface area contributed by atoms with E-state index in [0.717, 1.165) is 58.5 Å². The molecule has 0 spiro atoms. The van der Waals surface area contributed by atoms with Gasteiger partial charge in [0.1, 0.15) is 5.65 Å². The van der Waals surface area contributed by atoms with Crippen LogP contribution >= 0.6 is 0 Å². The average Bonchev–Trinajstić information content (AvgIpc) is 3.49. The molecular formula is C26H26N6O2. The molecule has 0 aliphatic carbocycles. The number of amides is 1. The maximum atomic E-state index is 12.0. The van der Waals surface area contributed by atoms with E-state index in [4.69, 9.17) is 10.5 Å². The first kappa shape index (κ1) is 21.7. The highest BCUT2D eigenvalue weighted by atomic mass is 16.5. The lowest BCUT2D eigenvalue weighted by Crippen LogP contribution is -2.26. The molecule has 0 bridgehead atoms. The Labute approximate surface area is 197 Å². The molecular weight excluding hydrogens is 428 g/mol. The highest BCUT2D eigenvalue weighted by molar-refractivity contribution is 6.00. The van der Waals surface area contributed by atoms with Gasteiger partial charge in [0.15, 0.2) is 0 Å². The van der Waals surface area contributed by atoms with E-state index >= 15 is 0 Å². The Bertz CT molecular complexity index is 1380. The molecule has 172 valence electrons. The lowest BCUT2D eigenvalue weighted by Gasteiger charge is -2.20. The van der Waals surface area contributed by atoms with Crippen LogP contribution in [0.15, 0.2) is 67.6 Å². The Morgan fingerprint density at radius 1 is 1.24 bits per heavy atom. The zero-order valence-corrected chi connectivity index (χ0v) is 18.9. The van der Waals surface area contributed by atoms with Crippen molar-refractivity contribution in [2.24, 2.45) is 5.73 Å². The molecule has 4 aromatic rings. The Morgan fingerprint density at radius 3 is 2.88 bits per heavy atom. The summed E-state index contributed by atoms with van der Waals surface area (Å²) < 4.78 is 5.29. The minimum atomic E-state index is -0.255. The first-order chi connectivity index (χ1) is 16.5. The number of aromatic nitrogens is 3. The summed E-state index contributed by atoms with van der Waals surface area (Å²) in [6.07, 6.45) is 7.70. The zero-order valence-electron chi connectivity index (χ0n) is 18.9. The summed E-state index contributed by atoms with van der Waals surface area (Å²) in [4.78, 5) is 26.4. The van der Waals surface area contributed by atoms with Gasteiger partial charge in [0, 0.05) is 71.7 Å². The SMILES string of the molecule is C=CC(=O)Nc1cc(-c2cnc3[nH]cc(-c4ccnc(OC)c4)c3c2)cc(N2CCC(N)C2)c1. The standard InChI is InChI=1S/C26H26N6O2/c1-3-24(33)31-20-8-17(9-21(12-20)32-7-5-19(27)15-32)18-10-22-23(14-30-26(22)29-13-18)16-4-6-28-25(11-16)34-2/h3-4,6,8-14,19H,1,5,7,15,27H2,2H3,(H,29,30)(H,31,33). The number of methoxy groups -OCH3 is 1. The topological polar surface area (TPSA) is 109 Å². The molecule has 1 atom stereocenters. The fourth-order valence-electron chi connectivity index (χ4n) is 4.34. The number of nitrogens with two attached hydrogens (primary N) is 1. The molecule has 1 aliphatic rings. The third-order valence-electron chi connectivity index (χ3n) is 6.08. The summed E-state index contributed by atoms with van der Waals surface area (Å²) in [5, 5.41) is 3.88. The van der Waals surface area contributed by atoms with E-state index in [2.05, 4.69) is 43.9 Å². The molecule has 34 heavy (non-hydrogen) atoms. The van der Waals surface area contributed by atoms with Crippen LogP contribution in [0.2, 0.25) is 0 Å². The maximum absolute atomic E-state index is 12.0. The largest absolute Gasteiger partial charge is 0.481 e. The third kappa shape index (κ3) is 4.23. The Balaban J connectivity index is 1.59. The molecule has 1 saturated heterocycles. The van der Waals surface area contributed by atoms with Crippen LogP contribution in [0.5, 0.6) is 5.88 Å². The van der Waals surface area contributed by atoms with Gasteiger partial charge in [0.25, 0.3) is 0 Å². The fourth-order valence-corrected chi connectivity index (χ4v) is 4.34. The summed E-state index contributed by atoms with van der Waals surface area (Å²) in [5.74, 6) is 0.296. The van der Waals surface area contributed by atoms with E-state index < -0.39 is 0 Å². The van der Waals surface area contributed by atoms with Gasteiger partial charge in [-0.1, -0.05) is 6.58 Å². The Morgan fingerprint density at radius 2 is 2.12 bits per heavy atom. The van der Waals surface area contributed by atoms with Crippen molar-refractivity contribution in [3.8, 4) is 28.1 Å². The predicted octanol–water partition coefficient (Wildman–Crippen LogP) is 3.96. The van der Waals surface area contributed by atoms with Crippen molar-refractivity contribution in [2.45, 2.75) is 12.5 Å². The van der Waals surface area contributed by atoms with Crippen molar-refractivity contribution in [3.05, 3.63) is 67.6 Å². The molecule has 8 heteroatoms. The number of carbonyl (C=O) groups is 1. The van der Waals surface area contributed by atoms with E-state index in [0.29, 0.717) is 11.6 Å². The molecule has 8 nitrogen and oxygen atoms in total. The Hall–Kier alpha value is -4.17. The lowest BCUT2D eigenvalue weighted by atomic mass is 10.0. The first-order valence-electron chi connectivity index (χ1n) is 11.1. The molecule has 1 aromatic carbocycles. The van der Waals surface area contributed by atoms with Crippen molar-refractivity contribution in [2.75, 3.05) is 30.4 Å². The summed E-state index contributed by atoms with van der Waals surface area (Å²) in [6, 6.07) is 12.1. The maximum Gasteiger partial charge on any atom is 0.247 e. The van der Waals surface area contributed by atoms with Gasteiger partial charge in [-0.05, 0) is 54.0 Å². The Kier molecular flexibility index (Phi) is 5.73. The fraction of sp³-hybridized carbons (Fsp3) is 0.192. The summed E-state index contributed by atoms with van der Waals surface area (Å²) in [7, 11) is 1.60. The van der Waals surface area contributed by atoms with Gasteiger partial charge in [-0.3, -0.25) is 4.79 Å². The van der Waals surface area contributed by atoms with E-state index in [9.17, 15) is 4.79 Å². The minimum Gasteiger partial charge on any atom is -0.481 e. The van der Waals surface area contributed by atoms with Gasteiger partial charge in [-0.15, -0.1) is 0 Å². The van der Waals surface area contributed by atoms with Gasteiger partial charge in [0.05, 0.1) is 7.11 Å². The van der Waals surface area contributed by atoms with Gasteiger partial charge >= 0.3 is 0 Å². The number of carbonyl (C=O) groups excluding carboxylic acids is 1. The number of pyridine rings is 2. The van der Waals surface area contributed by atoms with Gasteiger partial charge in [0.2, 0.25) is 11.8 Å². The van der Waals surface area contributed by atoms with Crippen molar-refractivity contribution in [3.63, 3.8) is 0 Å². The number of hydrogen-bond acceptors (Lipinski definition) is 6. The van der Waals surface area contributed by atoms with Gasteiger partial charge in [-0.25, -0.2) is 9.97 Å². The van der Waals surface area contributed by atoms with Crippen molar-refractivity contribution < 1.29 is 9.53 Å². The summed E-state index contributed by atoms with van der Waals surface area (Å²) >= 11 is 0. The highest BCUT2D eigenvalue weighted by Gasteiger charge is 2.21. The molecule has 5 rings (SSSR count). The number of aromatic amines is 1. The van der Waals surface area contributed by atoms with Crippen LogP contribution in [0.1, 0.15) is 6.42 Å². The van der Waals surface area contributed by atoms with E-state index in [1.165, 1.54) is 6.08 Å². The smallest absolute Gasteiger partial charge is 0.247 e. The highest BCUT2D eigenvalue weighted by Crippen LogP contribution is 2.35. The number of anilines is 2. The number of ether oxygens (including phenoxy) is 1. The van der Waals surface area contributed by atoms with Crippen molar-refractivity contribution >= 4 is 28.3 Å². The second-order valence-electron chi connectivity index (χ2n) is 8.37. The van der Waals surface area contributed by atoms with E-state index in [1.54, 1.807) is 13.3 Å². The average molecular weight is 455 g/mol. The number of fused-ring (bicyclic) bond motifs is 1. The van der Waals surface area contributed by atoms with Crippen LogP contribution in [0.4, 0.5) is 11.4 Å². The third-order valence-corrected chi connectivity index (χ3v) is 6.08. The van der Waals surface area contributed by atoms with Crippen molar-refractivity contribution in [1.29, 1.82) is 0 Å². The van der Waals surface area contributed by atoms with E-state index in [1.807, 2.05) is 36.7 Å². The van der Waals surface area contributed by atoms with Gasteiger partial charge < -0.3 is 25.7 Å². The van der Waals surface area contributed by atoms with Crippen molar-refractivity contribution in [1.82, 2.24) is 15.0 Å². The number of nitrogens with one attached hydrogen (secondary N) is 2. The molecule has 0 saturated carbocycles. The van der Waals surface area contributed by atoms with Crippen LogP contribution in [-0.2, 0) is 4.79 Å². The normalized spacial score (nSPS) is 15.5. The van der Waals surface area contributed by atoms with E-state index in [-0.39, 0.29) is 11.9 Å².